The van der Waals surface area contributed by atoms with E-state index in [1.807, 2.05) is 48.5 Å². The van der Waals surface area contributed by atoms with E-state index in [1.165, 1.54) is 16.7 Å². The van der Waals surface area contributed by atoms with E-state index in [0.29, 0.717) is 35.4 Å². The van der Waals surface area contributed by atoms with E-state index >= 15 is 0 Å². The van der Waals surface area contributed by atoms with Crippen molar-refractivity contribution in [3.63, 3.8) is 0 Å². The molecule has 7 heteroatoms. The summed E-state index contributed by atoms with van der Waals surface area (Å²) in [6.45, 7) is 6.42. The lowest BCUT2D eigenvalue weighted by Gasteiger charge is -2.22. The van der Waals surface area contributed by atoms with Crippen molar-refractivity contribution in [1.82, 2.24) is 9.66 Å². The molecule has 1 fully saturated rings. The monoisotopic (exact) mass is 599 g/mol. The molecule has 3 aromatic carbocycles. The number of aryl methyl sites for hydroxylation is 1. The van der Waals surface area contributed by atoms with E-state index in [0.717, 1.165) is 52.7 Å². The number of halogens is 1. The molecule has 0 N–H and O–H groups in total. The summed E-state index contributed by atoms with van der Waals surface area (Å²) in [5, 5.41) is 5.26. The number of ether oxygens (including phenoxy) is 2. The Bertz CT molecular complexity index is 1620. The lowest BCUT2D eigenvalue weighted by atomic mass is 9.88. The summed E-state index contributed by atoms with van der Waals surface area (Å²) >= 11 is 3.49. The van der Waals surface area contributed by atoms with Gasteiger partial charge in [0.05, 0.1) is 24.2 Å². The average molecular weight is 601 g/mol. The second kappa shape index (κ2) is 12.6. The van der Waals surface area contributed by atoms with Gasteiger partial charge in [0.2, 0.25) is 0 Å². The molecule has 5 rings (SSSR count). The first-order valence-electron chi connectivity index (χ1n) is 13.7. The average Bonchev–Trinajstić information content (AvgIpc) is 2.96. The standard InChI is InChI=1S/C33H34BrN3O3/c1-4-9-26-17-24(18-30(39-3)31(26)40-21-23-11-8-10-22(2)16-23)20-35-37-32(25-12-6-5-7-13-25)36-29-15-14-27(34)19-28(29)33(37)38/h4,8,10-11,14-20,25H,1,5-7,9,12-13,21H2,2-3H3. The third kappa shape index (κ3) is 6.20. The summed E-state index contributed by atoms with van der Waals surface area (Å²) in [5.74, 6) is 2.22. The smallest absolute Gasteiger partial charge is 0.282 e. The molecular weight excluding hydrogens is 566 g/mol. The summed E-state index contributed by atoms with van der Waals surface area (Å²) in [4.78, 5) is 18.6. The highest BCUT2D eigenvalue weighted by Crippen LogP contribution is 2.35. The number of aromatic nitrogens is 2. The topological polar surface area (TPSA) is 65.7 Å². The number of hydrogen-bond acceptors (Lipinski definition) is 5. The van der Waals surface area contributed by atoms with E-state index < -0.39 is 0 Å². The molecule has 0 saturated heterocycles. The van der Waals surface area contributed by atoms with Gasteiger partial charge in [-0.15, -0.1) is 6.58 Å². The number of hydrogen-bond donors (Lipinski definition) is 0. The first kappa shape index (κ1) is 27.8. The van der Waals surface area contributed by atoms with Gasteiger partial charge in [-0.3, -0.25) is 4.79 Å². The minimum absolute atomic E-state index is 0.167. The summed E-state index contributed by atoms with van der Waals surface area (Å²) in [6, 6.07) is 17.8. The normalized spacial score (nSPS) is 14.1. The lowest BCUT2D eigenvalue weighted by Crippen LogP contribution is -2.25. The molecule has 0 radical (unpaired) electrons. The molecule has 1 heterocycles. The Morgan fingerprint density at radius 1 is 1.12 bits per heavy atom. The molecule has 1 aliphatic carbocycles. The molecule has 6 nitrogen and oxygen atoms in total. The van der Waals surface area contributed by atoms with Crippen LogP contribution >= 0.6 is 15.9 Å². The molecule has 206 valence electrons. The van der Waals surface area contributed by atoms with Crippen molar-refractivity contribution < 1.29 is 9.47 Å². The minimum atomic E-state index is -0.167. The van der Waals surface area contributed by atoms with E-state index in [1.54, 1.807) is 13.3 Å². The van der Waals surface area contributed by atoms with Crippen molar-refractivity contribution in [3.8, 4) is 11.5 Å². The Balaban J connectivity index is 1.54. The van der Waals surface area contributed by atoms with Gasteiger partial charge in [-0.05, 0) is 67.6 Å². The molecule has 0 amide bonds. The van der Waals surface area contributed by atoms with Gasteiger partial charge in [-0.1, -0.05) is 71.1 Å². The first-order chi connectivity index (χ1) is 19.5. The summed E-state index contributed by atoms with van der Waals surface area (Å²) < 4.78 is 14.3. The second-order valence-electron chi connectivity index (χ2n) is 10.3. The molecule has 40 heavy (non-hydrogen) atoms. The molecule has 0 aliphatic heterocycles. The zero-order chi connectivity index (χ0) is 28.1. The Morgan fingerprint density at radius 2 is 1.95 bits per heavy atom. The van der Waals surface area contributed by atoms with Gasteiger partial charge in [-0.2, -0.15) is 9.78 Å². The molecular formula is C33H34BrN3O3. The highest BCUT2D eigenvalue weighted by atomic mass is 79.9. The van der Waals surface area contributed by atoms with Gasteiger partial charge in [0.25, 0.3) is 5.56 Å². The van der Waals surface area contributed by atoms with Gasteiger partial charge < -0.3 is 9.47 Å². The fourth-order valence-corrected chi connectivity index (χ4v) is 5.73. The van der Waals surface area contributed by atoms with Gasteiger partial charge >= 0.3 is 0 Å². The molecule has 0 bridgehead atoms. The van der Waals surface area contributed by atoms with E-state index in [2.05, 4.69) is 41.6 Å². The van der Waals surface area contributed by atoms with Crippen LogP contribution in [-0.4, -0.2) is 23.0 Å². The van der Waals surface area contributed by atoms with Crippen molar-refractivity contribution in [2.75, 3.05) is 7.11 Å². The van der Waals surface area contributed by atoms with Crippen LogP contribution in [0.3, 0.4) is 0 Å². The van der Waals surface area contributed by atoms with Crippen molar-refractivity contribution in [2.45, 2.75) is 58.0 Å². The van der Waals surface area contributed by atoms with E-state index in [9.17, 15) is 4.79 Å². The van der Waals surface area contributed by atoms with Gasteiger partial charge in [0.1, 0.15) is 12.4 Å². The maximum atomic E-state index is 13.7. The number of methoxy groups -OCH3 is 1. The SMILES string of the molecule is C=CCc1cc(C=Nn2c(C3CCCCC3)nc3ccc(Br)cc3c2=O)cc(OC)c1OCc1cccc(C)c1. The number of benzene rings is 3. The predicted octanol–water partition coefficient (Wildman–Crippen LogP) is 7.71. The molecule has 0 spiro atoms. The molecule has 1 saturated carbocycles. The molecule has 4 aromatic rings. The van der Waals surface area contributed by atoms with Crippen LogP contribution in [-0.2, 0) is 13.0 Å². The van der Waals surface area contributed by atoms with Crippen molar-refractivity contribution in [2.24, 2.45) is 5.10 Å². The van der Waals surface area contributed by atoms with Gasteiger partial charge in [0.15, 0.2) is 11.5 Å². The maximum absolute atomic E-state index is 13.7. The molecule has 0 unspecified atom stereocenters. The number of allylic oxidation sites excluding steroid dienone is 1. The summed E-state index contributed by atoms with van der Waals surface area (Å²) in [5.41, 5.74) is 4.53. The van der Waals surface area contributed by atoms with E-state index in [4.69, 9.17) is 19.6 Å². The zero-order valence-electron chi connectivity index (χ0n) is 23.0. The fourth-order valence-electron chi connectivity index (χ4n) is 5.37. The predicted molar refractivity (Wildman–Crippen MR) is 165 cm³/mol. The molecule has 1 aromatic heterocycles. The van der Waals surface area contributed by atoms with Crippen LogP contribution in [0.2, 0.25) is 0 Å². The van der Waals surface area contributed by atoms with Crippen LogP contribution < -0.4 is 15.0 Å². The summed E-state index contributed by atoms with van der Waals surface area (Å²) in [6.07, 6.45) is 9.64. The fraction of sp³-hybridized carbons (Fsp3) is 0.303. The third-order valence-electron chi connectivity index (χ3n) is 7.33. The largest absolute Gasteiger partial charge is 0.493 e. The van der Waals surface area contributed by atoms with Gasteiger partial charge in [-0.25, -0.2) is 4.98 Å². The van der Waals surface area contributed by atoms with Crippen LogP contribution in [0, 0.1) is 6.92 Å². The Hall–Kier alpha value is -3.71. The highest BCUT2D eigenvalue weighted by Gasteiger charge is 2.22. The lowest BCUT2D eigenvalue weighted by molar-refractivity contribution is 0.282. The van der Waals surface area contributed by atoms with Gasteiger partial charge in [0, 0.05) is 16.0 Å². The van der Waals surface area contributed by atoms with E-state index in [-0.39, 0.29) is 11.5 Å². The Kier molecular flexibility index (Phi) is 8.80. The van der Waals surface area contributed by atoms with Crippen LogP contribution in [0.1, 0.15) is 66.1 Å². The Labute approximate surface area is 243 Å². The van der Waals surface area contributed by atoms with Crippen LogP contribution in [0.4, 0.5) is 0 Å². The van der Waals surface area contributed by atoms with Crippen molar-refractivity contribution >= 4 is 33.0 Å². The second-order valence-corrected chi connectivity index (χ2v) is 11.2. The Morgan fingerprint density at radius 3 is 2.70 bits per heavy atom. The first-order valence-corrected chi connectivity index (χ1v) is 14.5. The van der Waals surface area contributed by atoms with Crippen LogP contribution in [0.15, 0.2) is 81.6 Å². The maximum Gasteiger partial charge on any atom is 0.282 e. The molecule has 1 aliphatic rings. The van der Waals surface area contributed by atoms with Crippen LogP contribution in [0.5, 0.6) is 11.5 Å². The van der Waals surface area contributed by atoms with Crippen molar-refractivity contribution in [1.29, 1.82) is 0 Å². The minimum Gasteiger partial charge on any atom is -0.493 e. The number of fused-ring (bicyclic) bond motifs is 1. The zero-order valence-corrected chi connectivity index (χ0v) is 24.6. The van der Waals surface area contributed by atoms with Crippen molar-refractivity contribution in [3.05, 3.63) is 110 Å². The molecule has 0 atom stereocenters. The number of rotatable bonds is 9. The number of nitrogens with zero attached hydrogens (tertiary/aromatic N) is 3. The quantitative estimate of drug-likeness (QED) is 0.146. The summed E-state index contributed by atoms with van der Waals surface area (Å²) in [7, 11) is 1.63. The highest BCUT2D eigenvalue weighted by molar-refractivity contribution is 9.10. The van der Waals surface area contributed by atoms with Crippen LogP contribution in [0.25, 0.3) is 10.9 Å². The third-order valence-corrected chi connectivity index (χ3v) is 7.82.